The van der Waals surface area contributed by atoms with Crippen LogP contribution in [0.3, 0.4) is 0 Å². The van der Waals surface area contributed by atoms with Gasteiger partial charge in [0.05, 0.1) is 17.0 Å². The normalized spacial score (nSPS) is 17.8. The Hall–Kier alpha value is -3.54. The molecular weight excluding hydrogens is 522 g/mol. The molecular formula is C27H27N5O4S2. The summed E-state index contributed by atoms with van der Waals surface area (Å²) in [6.07, 6.45) is 1.90. The molecule has 38 heavy (non-hydrogen) atoms. The molecule has 0 saturated carbocycles. The van der Waals surface area contributed by atoms with Crippen molar-refractivity contribution in [2.24, 2.45) is 0 Å². The van der Waals surface area contributed by atoms with Crippen LogP contribution in [0, 0.1) is 3.95 Å². The maximum atomic E-state index is 13.4. The Bertz CT molecular complexity index is 1630. The van der Waals surface area contributed by atoms with Crippen molar-refractivity contribution in [1.29, 1.82) is 0 Å². The molecule has 0 spiro atoms. The number of fused-ring (bicyclic) bond motifs is 3. The summed E-state index contributed by atoms with van der Waals surface area (Å²) in [4.78, 5) is 46.6. The Morgan fingerprint density at radius 2 is 1.89 bits per heavy atom. The highest BCUT2D eigenvalue weighted by molar-refractivity contribution is 7.73. The van der Waals surface area contributed by atoms with Crippen LogP contribution in [0.1, 0.15) is 32.9 Å². The van der Waals surface area contributed by atoms with Gasteiger partial charge >= 0.3 is 0 Å². The Labute approximate surface area is 227 Å². The second kappa shape index (κ2) is 10.3. The van der Waals surface area contributed by atoms with Crippen LogP contribution in [0.4, 0.5) is 5.69 Å². The Morgan fingerprint density at radius 1 is 1.11 bits per heavy atom. The van der Waals surface area contributed by atoms with Gasteiger partial charge in [0.15, 0.2) is 3.95 Å². The highest BCUT2D eigenvalue weighted by atomic mass is 32.1. The minimum atomic E-state index is -0.337. The number of carbonyl (C=O) groups excluding carboxylic acids is 2. The number of rotatable bonds is 5. The van der Waals surface area contributed by atoms with Gasteiger partial charge in [0.2, 0.25) is 0 Å². The largest absolute Gasteiger partial charge is 0.376 e. The summed E-state index contributed by atoms with van der Waals surface area (Å²) in [5.41, 5.74) is 2.14. The van der Waals surface area contributed by atoms with Gasteiger partial charge < -0.3 is 24.8 Å². The van der Waals surface area contributed by atoms with Gasteiger partial charge in [-0.25, -0.2) is 0 Å². The highest BCUT2D eigenvalue weighted by Gasteiger charge is 2.24. The molecule has 2 fully saturated rings. The second-order valence-corrected chi connectivity index (χ2v) is 11.2. The van der Waals surface area contributed by atoms with Crippen LogP contribution in [0.15, 0.2) is 53.3 Å². The first-order chi connectivity index (χ1) is 18.5. The van der Waals surface area contributed by atoms with E-state index in [9.17, 15) is 14.4 Å². The van der Waals surface area contributed by atoms with Gasteiger partial charge in [0.1, 0.15) is 10.5 Å². The molecule has 2 amide bonds. The lowest BCUT2D eigenvalue weighted by atomic mass is 10.1. The summed E-state index contributed by atoms with van der Waals surface area (Å²) in [5, 5.41) is 3.31. The number of nitrogens with zero attached hydrogens (tertiary/aromatic N) is 3. The van der Waals surface area contributed by atoms with Gasteiger partial charge in [-0.2, -0.15) is 0 Å². The van der Waals surface area contributed by atoms with Gasteiger partial charge in [-0.3, -0.25) is 18.8 Å². The van der Waals surface area contributed by atoms with Crippen LogP contribution in [-0.2, 0) is 4.74 Å². The number of piperazine rings is 1. The lowest BCUT2D eigenvalue weighted by Gasteiger charge is -2.36. The number of aromatic nitrogens is 2. The van der Waals surface area contributed by atoms with E-state index in [1.807, 2.05) is 23.1 Å². The zero-order chi connectivity index (χ0) is 26.2. The standard InChI is InChI=1S/C27H27N5O4S2/c33-24-20-9-8-17(26(35)31-12-10-30(11-13-31)18-5-2-1-3-6-18)15-21(20)32-23(29-24)22(38-27(32)37)25(34)28-16-19-7-4-14-36-19/h1-3,5-6,8-9,15,19H,4,7,10-14,16H2,(H,28,34)(H,29,33)/t19-/m1/s1. The summed E-state index contributed by atoms with van der Waals surface area (Å²) in [6.45, 7) is 3.80. The fourth-order valence-corrected chi connectivity index (χ4v) is 6.46. The third kappa shape index (κ3) is 4.61. The number of thiazole rings is 1. The SMILES string of the molecule is O=C(NC[C@H]1CCCO1)c1sc(=S)n2c1[nH]c(=O)c1ccc(C(=O)N3CCN(c4ccccc4)CC3)cc12. The molecule has 4 aromatic rings. The van der Waals surface area contributed by atoms with Crippen molar-refractivity contribution < 1.29 is 14.3 Å². The number of anilines is 1. The first kappa shape index (κ1) is 24.8. The van der Waals surface area contributed by atoms with Gasteiger partial charge in [0.25, 0.3) is 17.4 Å². The lowest BCUT2D eigenvalue weighted by Crippen LogP contribution is -2.48. The van der Waals surface area contributed by atoms with E-state index in [0.29, 0.717) is 57.2 Å². The van der Waals surface area contributed by atoms with Crippen LogP contribution >= 0.6 is 23.6 Å². The third-order valence-electron chi connectivity index (χ3n) is 7.18. The first-order valence-electron chi connectivity index (χ1n) is 12.7. The van der Waals surface area contributed by atoms with Crippen molar-refractivity contribution in [2.75, 3.05) is 44.2 Å². The highest BCUT2D eigenvalue weighted by Crippen LogP contribution is 2.24. The average molecular weight is 550 g/mol. The maximum Gasteiger partial charge on any atom is 0.265 e. The zero-order valence-electron chi connectivity index (χ0n) is 20.6. The number of hydrogen-bond donors (Lipinski definition) is 2. The van der Waals surface area contributed by atoms with Crippen molar-refractivity contribution in [2.45, 2.75) is 18.9 Å². The van der Waals surface area contributed by atoms with E-state index in [0.717, 1.165) is 43.0 Å². The first-order valence-corrected chi connectivity index (χ1v) is 13.9. The molecule has 9 nitrogen and oxygen atoms in total. The second-order valence-electron chi connectivity index (χ2n) is 9.53. The Kier molecular flexibility index (Phi) is 6.73. The molecule has 2 aliphatic rings. The molecule has 2 aromatic carbocycles. The molecule has 2 N–H and O–H groups in total. The van der Waals surface area contributed by atoms with E-state index in [4.69, 9.17) is 17.0 Å². The van der Waals surface area contributed by atoms with Gasteiger partial charge in [-0.1, -0.05) is 29.5 Å². The zero-order valence-corrected chi connectivity index (χ0v) is 22.3. The van der Waals surface area contributed by atoms with Crippen LogP contribution < -0.4 is 15.8 Å². The molecule has 2 aliphatic heterocycles. The smallest absolute Gasteiger partial charge is 0.265 e. The van der Waals surface area contributed by atoms with Crippen molar-refractivity contribution >= 4 is 57.6 Å². The van der Waals surface area contributed by atoms with E-state index < -0.39 is 0 Å². The third-order valence-corrected chi connectivity index (χ3v) is 8.55. The minimum Gasteiger partial charge on any atom is -0.376 e. The number of hydrogen-bond acceptors (Lipinski definition) is 7. The van der Waals surface area contributed by atoms with E-state index >= 15 is 0 Å². The molecule has 4 heterocycles. The van der Waals surface area contributed by atoms with Crippen molar-refractivity contribution in [1.82, 2.24) is 19.6 Å². The number of aromatic amines is 1. The van der Waals surface area contributed by atoms with E-state index in [1.165, 1.54) is 0 Å². The monoisotopic (exact) mass is 549 g/mol. The topological polar surface area (TPSA) is 99.1 Å². The number of H-pyrrole nitrogens is 1. The maximum absolute atomic E-state index is 13.4. The number of amides is 2. The molecule has 2 saturated heterocycles. The Morgan fingerprint density at radius 3 is 2.63 bits per heavy atom. The lowest BCUT2D eigenvalue weighted by molar-refractivity contribution is 0.0746. The van der Waals surface area contributed by atoms with Crippen molar-refractivity contribution in [3.05, 3.63) is 73.3 Å². The van der Waals surface area contributed by atoms with Crippen molar-refractivity contribution in [3.8, 4) is 0 Å². The molecule has 0 radical (unpaired) electrons. The number of nitrogens with one attached hydrogen (secondary N) is 2. The summed E-state index contributed by atoms with van der Waals surface area (Å²) in [6, 6.07) is 15.2. The molecule has 6 rings (SSSR count). The fourth-order valence-electron chi connectivity index (χ4n) is 5.16. The quantitative estimate of drug-likeness (QED) is 0.370. The van der Waals surface area contributed by atoms with Gasteiger partial charge in [0, 0.05) is 50.6 Å². The van der Waals surface area contributed by atoms with Crippen LogP contribution in [0.2, 0.25) is 0 Å². The number of carbonyl (C=O) groups is 2. The van der Waals surface area contributed by atoms with Gasteiger partial charge in [-0.05, 0) is 55.4 Å². The average Bonchev–Trinajstić information content (AvgIpc) is 3.59. The minimum absolute atomic E-state index is 0.00353. The predicted molar refractivity (Wildman–Crippen MR) is 150 cm³/mol. The number of benzene rings is 2. The van der Waals surface area contributed by atoms with Crippen LogP contribution in [-0.4, -0.2) is 71.5 Å². The summed E-state index contributed by atoms with van der Waals surface area (Å²) < 4.78 is 7.69. The molecule has 0 bridgehead atoms. The van der Waals surface area contributed by atoms with Crippen LogP contribution in [0.25, 0.3) is 16.6 Å². The molecule has 0 unspecified atom stereocenters. The van der Waals surface area contributed by atoms with E-state index in [2.05, 4.69) is 27.3 Å². The molecule has 2 aromatic heterocycles. The number of ether oxygens (including phenoxy) is 1. The molecule has 0 aliphatic carbocycles. The summed E-state index contributed by atoms with van der Waals surface area (Å²) in [5.74, 6) is -0.401. The van der Waals surface area contributed by atoms with E-state index in [1.54, 1.807) is 22.6 Å². The Balaban J connectivity index is 1.27. The number of para-hydroxylation sites is 1. The predicted octanol–water partition coefficient (Wildman–Crippen LogP) is 3.44. The molecule has 196 valence electrons. The fraction of sp³-hybridized carbons (Fsp3) is 0.333. The van der Waals surface area contributed by atoms with Crippen molar-refractivity contribution in [3.63, 3.8) is 0 Å². The molecule has 1 atom stereocenters. The van der Waals surface area contributed by atoms with Crippen LogP contribution in [0.5, 0.6) is 0 Å². The summed E-state index contributed by atoms with van der Waals surface area (Å²) in [7, 11) is 0. The molecule has 11 heteroatoms. The summed E-state index contributed by atoms with van der Waals surface area (Å²) >= 11 is 6.74. The van der Waals surface area contributed by atoms with Gasteiger partial charge in [-0.15, -0.1) is 0 Å². The van der Waals surface area contributed by atoms with E-state index in [-0.39, 0.29) is 23.5 Å².